The molecule has 1 unspecified atom stereocenters. The molecule has 37 heavy (non-hydrogen) atoms. The molecular weight excluding hydrogens is 480 g/mol. The minimum absolute atomic E-state index is 0.104. The zero-order valence-electron chi connectivity index (χ0n) is 20.8. The highest BCUT2D eigenvalue weighted by molar-refractivity contribution is 5.92. The van der Waals surface area contributed by atoms with Crippen LogP contribution in [-0.4, -0.2) is 61.8 Å². The fraction of sp³-hybridized carbons (Fsp3) is 0.346. The van der Waals surface area contributed by atoms with Crippen molar-refractivity contribution in [3.05, 3.63) is 59.7 Å². The molecule has 0 saturated carbocycles. The van der Waals surface area contributed by atoms with Crippen molar-refractivity contribution < 1.29 is 33.4 Å². The molecule has 0 fully saturated rings. The largest absolute Gasteiger partial charge is 0.449 e. The van der Waals surface area contributed by atoms with Gasteiger partial charge >= 0.3 is 12.1 Å². The second-order valence-electron chi connectivity index (χ2n) is 8.52. The van der Waals surface area contributed by atoms with Crippen LogP contribution in [0.1, 0.15) is 37.8 Å². The quantitative estimate of drug-likeness (QED) is 0.277. The van der Waals surface area contributed by atoms with Gasteiger partial charge < -0.3 is 30.7 Å². The number of esters is 1. The first-order chi connectivity index (χ1) is 17.7. The van der Waals surface area contributed by atoms with Crippen LogP contribution in [0.25, 0.3) is 11.1 Å². The normalized spacial score (nSPS) is 13.3. The summed E-state index contributed by atoms with van der Waals surface area (Å²) in [7, 11) is 0. The number of carbonyl (C=O) groups excluding carboxylic acids is 5. The summed E-state index contributed by atoms with van der Waals surface area (Å²) in [6, 6.07) is 14.0. The van der Waals surface area contributed by atoms with Gasteiger partial charge in [0.1, 0.15) is 18.7 Å². The summed E-state index contributed by atoms with van der Waals surface area (Å²) in [6.07, 6.45) is -0.758. The third kappa shape index (κ3) is 7.29. The lowest BCUT2D eigenvalue weighted by atomic mass is 9.98. The maximum Gasteiger partial charge on any atom is 0.407 e. The van der Waals surface area contributed by atoms with Gasteiger partial charge in [0.15, 0.2) is 6.73 Å². The van der Waals surface area contributed by atoms with Gasteiger partial charge in [-0.05, 0) is 36.1 Å². The third-order valence-corrected chi connectivity index (χ3v) is 5.79. The summed E-state index contributed by atoms with van der Waals surface area (Å²) < 4.78 is 10.0. The number of rotatable bonds is 10. The summed E-state index contributed by atoms with van der Waals surface area (Å²) in [5, 5.41) is 9.58. The molecule has 0 aliphatic heterocycles. The first-order valence-corrected chi connectivity index (χ1v) is 11.8. The second kappa shape index (κ2) is 12.5. The average Bonchev–Trinajstić information content (AvgIpc) is 3.19. The van der Waals surface area contributed by atoms with Gasteiger partial charge in [0.2, 0.25) is 17.7 Å². The van der Waals surface area contributed by atoms with Crippen molar-refractivity contribution in [3.8, 4) is 11.1 Å². The van der Waals surface area contributed by atoms with Crippen molar-refractivity contribution in [1.29, 1.82) is 0 Å². The Bertz CT molecular complexity index is 1140. The van der Waals surface area contributed by atoms with Crippen molar-refractivity contribution in [3.63, 3.8) is 0 Å². The average molecular weight is 511 g/mol. The Kier molecular flexibility index (Phi) is 9.20. The Morgan fingerprint density at radius 1 is 0.784 bits per heavy atom. The topological polar surface area (TPSA) is 152 Å². The minimum atomic E-state index is -0.974. The molecule has 2 aromatic rings. The van der Waals surface area contributed by atoms with E-state index in [1.54, 1.807) is 0 Å². The lowest BCUT2D eigenvalue weighted by Gasteiger charge is -2.19. The highest BCUT2D eigenvalue weighted by Gasteiger charge is 2.29. The zero-order valence-corrected chi connectivity index (χ0v) is 20.8. The molecule has 11 nitrogen and oxygen atoms in total. The number of nitrogens with one attached hydrogen (secondary N) is 4. The van der Waals surface area contributed by atoms with E-state index in [2.05, 4.69) is 26.0 Å². The number of hydrogen-bond donors (Lipinski definition) is 4. The Morgan fingerprint density at radius 3 is 1.95 bits per heavy atom. The van der Waals surface area contributed by atoms with E-state index in [4.69, 9.17) is 4.74 Å². The van der Waals surface area contributed by atoms with Crippen LogP contribution in [0.5, 0.6) is 0 Å². The van der Waals surface area contributed by atoms with E-state index >= 15 is 0 Å². The highest BCUT2D eigenvalue weighted by Crippen LogP contribution is 2.44. The Hall–Kier alpha value is -4.41. The molecule has 0 spiro atoms. The molecule has 11 heteroatoms. The summed E-state index contributed by atoms with van der Waals surface area (Å²) in [5.74, 6) is -2.45. The van der Waals surface area contributed by atoms with E-state index in [0.29, 0.717) is 0 Å². The monoisotopic (exact) mass is 510 g/mol. The van der Waals surface area contributed by atoms with Gasteiger partial charge in [-0.3, -0.25) is 19.2 Å². The second-order valence-corrected chi connectivity index (χ2v) is 8.52. The summed E-state index contributed by atoms with van der Waals surface area (Å²) in [5.41, 5.74) is 4.35. The summed E-state index contributed by atoms with van der Waals surface area (Å²) in [4.78, 5) is 59.3. The van der Waals surface area contributed by atoms with E-state index in [9.17, 15) is 24.0 Å². The summed E-state index contributed by atoms with van der Waals surface area (Å²) in [6.45, 7) is 3.52. The van der Waals surface area contributed by atoms with Crippen LogP contribution < -0.4 is 21.3 Å². The fourth-order valence-corrected chi connectivity index (χ4v) is 3.89. The van der Waals surface area contributed by atoms with Gasteiger partial charge in [0, 0.05) is 12.8 Å². The summed E-state index contributed by atoms with van der Waals surface area (Å²) >= 11 is 0. The van der Waals surface area contributed by atoms with E-state index in [1.165, 1.54) is 20.8 Å². The molecule has 3 rings (SSSR count). The number of carbonyl (C=O) groups is 5. The Labute approximate surface area is 214 Å². The Morgan fingerprint density at radius 2 is 1.35 bits per heavy atom. The lowest BCUT2D eigenvalue weighted by molar-refractivity contribution is -0.143. The predicted octanol–water partition coefficient (Wildman–Crippen LogP) is 1.17. The molecule has 2 aromatic carbocycles. The first-order valence-electron chi connectivity index (χ1n) is 11.8. The lowest BCUT2D eigenvalue weighted by Crippen LogP contribution is -2.52. The maximum absolute atomic E-state index is 12.4. The van der Waals surface area contributed by atoms with Crippen LogP contribution >= 0.6 is 0 Å². The number of benzene rings is 2. The number of ether oxygens (including phenoxy) is 2. The van der Waals surface area contributed by atoms with Crippen LogP contribution in [0.2, 0.25) is 0 Å². The van der Waals surface area contributed by atoms with Gasteiger partial charge in [-0.25, -0.2) is 4.79 Å². The minimum Gasteiger partial charge on any atom is -0.449 e. The molecule has 0 heterocycles. The highest BCUT2D eigenvalue weighted by atomic mass is 16.5. The van der Waals surface area contributed by atoms with Crippen molar-refractivity contribution in [2.45, 2.75) is 38.8 Å². The van der Waals surface area contributed by atoms with Crippen molar-refractivity contribution in [2.24, 2.45) is 0 Å². The van der Waals surface area contributed by atoms with E-state index in [-0.39, 0.29) is 25.8 Å². The van der Waals surface area contributed by atoms with E-state index < -0.39 is 41.9 Å². The predicted molar refractivity (Wildman–Crippen MR) is 133 cm³/mol. The van der Waals surface area contributed by atoms with Gasteiger partial charge in [0.25, 0.3) is 0 Å². The fourth-order valence-electron chi connectivity index (χ4n) is 3.89. The number of amides is 4. The third-order valence-electron chi connectivity index (χ3n) is 5.79. The number of hydrogen-bond acceptors (Lipinski definition) is 7. The Balaban J connectivity index is 1.43. The van der Waals surface area contributed by atoms with Crippen molar-refractivity contribution in [1.82, 2.24) is 21.3 Å². The van der Waals surface area contributed by atoms with Crippen molar-refractivity contribution >= 4 is 29.8 Å². The van der Waals surface area contributed by atoms with Crippen molar-refractivity contribution in [2.75, 3.05) is 19.9 Å². The molecule has 1 aliphatic carbocycles. The van der Waals surface area contributed by atoms with E-state index in [1.807, 2.05) is 48.5 Å². The molecule has 4 N–H and O–H groups in total. The molecule has 0 aromatic heterocycles. The number of fused-ring (bicyclic) bond motifs is 3. The van der Waals surface area contributed by atoms with Gasteiger partial charge in [-0.2, -0.15) is 0 Å². The van der Waals surface area contributed by atoms with Gasteiger partial charge in [-0.1, -0.05) is 48.5 Å². The van der Waals surface area contributed by atoms with Crippen LogP contribution in [0, 0.1) is 0 Å². The standard InChI is InChI=1S/C26H30N4O7/c1-15(24(33)27-12-23(32)28-14-37-17(3)31)29-25(34)16(2)30-26(35)36-13-22-20-10-6-4-8-18(20)19-9-5-7-11-21(19)22/h4-11,15-16,22H,12-14H2,1-3H3,(H,27,33)(H,28,32)(H,29,34)(H,30,35)/t15?,16-/m0/s1. The SMILES string of the molecule is CC(=O)OCNC(=O)CNC(=O)C(C)NC(=O)[C@H](C)NC(=O)OCC1c2ccccc2-c2ccccc21. The van der Waals surface area contributed by atoms with Crippen LogP contribution in [-0.2, 0) is 28.7 Å². The van der Waals surface area contributed by atoms with Crippen LogP contribution in [0.4, 0.5) is 4.79 Å². The zero-order chi connectivity index (χ0) is 26.9. The van der Waals surface area contributed by atoms with Crippen LogP contribution in [0.15, 0.2) is 48.5 Å². The van der Waals surface area contributed by atoms with Gasteiger partial charge in [0.05, 0.1) is 6.54 Å². The molecular formula is C26H30N4O7. The molecule has 0 radical (unpaired) electrons. The number of alkyl carbamates (subject to hydrolysis) is 1. The smallest absolute Gasteiger partial charge is 0.407 e. The van der Waals surface area contributed by atoms with E-state index in [0.717, 1.165) is 22.3 Å². The molecule has 2 atom stereocenters. The maximum atomic E-state index is 12.4. The van der Waals surface area contributed by atoms with Crippen LogP contribution in [0.3, 0.4) is 0 Å². The molecule has 1 aliphatic rings. The molecule has 0 bridgehead atoms. The molecule has 0 saturated heterocycles. The molecule has 196 valence electrons. The van der Waals surface area contributed by atoms with Gasteiger partial charge in [-0.15, -0.1) is 0 Å². The first kappa shape index (κ1) is 27.2. The molecule has 4 amide bonds.